The highest BCUT2D eigenvalue weighted by Crippen LogP contribution is 2.33. The number of nitrogens with one attached hydrogen (secondary N) is 1. The summed E-state index contributed by atoms with van der Waals surface area (Å²) in [5.74, 6) is 1.84. The summed E-state index contributed by atoms with van der Waals surface area (Å²) in [6.07, 6.45) is 9.92. The van der Waals surface area contributed by atoms with Crippen molar-refractivity contribution in [2.75, 3.05) is 20.1 Å². The summed E-state index contributed by atoms with van der Waals surface area (Å²) >= 11 is 0. The van der Waals surface area contributed by atoms with Gasteiger partial charge in [0.2, 0.25) is 0 Å². The van der Waals surface area contributed by atoms with Gasteiger partial charge in [-0.3, -0.25) is 4.90 Å². The van der Waals surface area contributed by atoms with Crippen LogP contribution < -0.4 is 5.32 Å². The van der Waals surface area contributed by atoms with Gasteiger partial charge in [-0.05, 0) is 44.7 Å². The summed E-state index contributed by atoms with van der Waals surface area (Å²) in [6.45, 7) is 7.41. The van der Waals surface area contributed by atoms with Crippen LogP contribution in [0.3, 0.4) is 0 Å². The normalized spacial score (nSPS) is 38.8. The zero-order valence-electron chi connectivity index (χ0n) is 12.6. The van der Waals surface area contributed by atoms with E-state index in [-0.39, 0.29) is 0 Å². The predicted octanol–water partition coefficient (Wildman–Crippen LogP) is 3.28. The Morgan fingerprint density at radius 1 is 1.00 bits per heavy atom. The number of nitrogens with zero attached hydrogens (tertiary/aromatic N) is 1. The molecule has 0 radical (unpaired) electrons. The largest absolute Gasteiger partial charge is 0.317 e. The van der Waals surface area contributed by atoms with Gasteiger partial charge >= 0.3 is 0 Å². The highest BCUT2D eigenvalue weighted by Gasteiger charge is 2.34. The molecule has 4 unspecified atom stereocenters. The van der Waals surface area contributed by atoms with Crippen LogP contribution in [-0.4, -0.2) is 37.1 Å². The lowest BCUT2D eigenvalue weighted by Gasteiger charge is -2.46. The first-order valence-corrected chi connectivity index (χ1v) is 8.21. The molecule has 2 aliphatic rings. The number of hydrogen-bond acceptors (Lipinski definition) is 2. The van der Waals surface area contributed by atoms with Gasteiger partial charge in [0.1, 0.15) is 0 Å². The Hall–Kier alpha value is -0.0800. The molecule has 0 amide bonds. The summed E-state index contributed by atoms with van der Waals surface area (Å²) in [4.78, 5) is 2.84. The van der Waals surface area contributed by atoms with Gasteiger partial charge in [0.15, 0.2) is 0 Å². The fourth-order valence-corrected chi connectivity index (χ4v) is 4.30. The third kappa shape index (κ3) is 3.08. The second kappa shape index (κ2) is 6.91. The molecule has 18 heavy (non-hydrogen) atoms. The summed E-state index contributed by atoms with van der Waals surface area (Å²) in [6, 6.07) is 1.66. The van der Waals surface area contributed by atoms with E-state index >= 15 is 0 Å². The van der Waals surface area contributed by atoms with Crippen molar-refractivity contribution < 1.29 is 0 Å². The van der Waals surface area contributed by atoms with Gasteiger partial charge in [-0.1, -0.05) is 39.5 Å². The molecule has 1 aliphatic carbocycles. The first-order valence-electron chi connectivity index (χ1n) is 8.21. The van der Waals surface area contributed by atoms with Crippen molar-refractivity contribution in [3.63, 3.8) is 0 Å². The first kappa shape index (κ1) is 14.3. The van der Waals surface area contributed by atoms with Crippen molar-refractivity contribution in [3.8, 4) is 0 Å². The van der Waals surface area contributed by atoms with Crippen molar-refractivity contribution in [2.45, 2.75) is 70.9 Å². The second-order valence-corrected chi connectivity index (χ2v) is 6.37. The lowest BCUT2D eigenvalue weighted by atomic mass is 9.79. The van der Waals surface area contributed by atoms with Gasteiger partial charge in [-0.25, -0.2) is 0 Å². The molecule has 0 aromatic carbocycles. The van der Waals surface area contributed by atoms with E-state index in [9.17, 15) is 0 Å². The van der Waals surface area contributed by atoms with Crippen molar-refractivity contribution in [3.05, 3.63) is 0 Å². The Labute approximate surface area is 114 Å². The van der Waals surface area contributed by atoms with Crippen LogP contribution in [0.2, 0.25) is 0 Å². The summed E-state index contributed by atoms with van der Waals surface area (Å²) in [5.41, 5.74) is 0. The number of piperidine rings is 1. The summed E-state index contributed by atoms with van der Waals surface area (Å²) in [7, 11) is 2.14. The Bertz CT molecular complexity index is 241. The van der Waals surface area contributed by atoms with Gasteiger partial charge in [-0.2, -0.15) is 0 Å². The SMILES string of the molecule is CCC1CN(C2CCCCC2CC)CCC1NC. The van der Waals surface area contributed by atoms with Crippen molar-refractivity contribution in [1.29, 1.82) is 0 Å². The molecule has 1 saturated heterocycles. The maximum Gasteiger partial charge on any atom is 0.0123 e. The van der Waals surface area contributed by atoms with E-state index < -0.39 is 0 Å². The molecule has 1 N–H and O–H groups in total. The fraction of sp³-hybridized carbons (Fsp3) is 1.00. The standard InChI is InChI=1S/C16H32N2/c1-4-13-8-6-7-9-16(13)18-11-10-15(17-3)14(5-2)12-18/h13-17H,4-12H2,1-3H3. The first-order chi connectivity index (χ1) is 8.80. The quantitative estimate of drug-likeness (QED) is 0.826. The third-order valence-electron chi connectivity index (χ3n) is 5.52. The van der Waals surface area contributed by atoms with E-state index in [4.69, 9.17) is 0 Å². The van der Waals surface area contributed by atoms with Gasteiger partial charge in [0, 0.05) is 18.6 Å². The third-order valence-corrected chi connectivity index (χ3v) is 5.52. The van der Waals surface area contributed by atoms with E-state index in [1.165, 1.54) is 58.0 Å². The molecule has 2 heteroatoms. The molecule has 1 heterocycles. The van der Waals surface area contributed by atoms with E-state index in [1.807, 2.05) is 0 Å². The van der Waals surface area contributed by atoms with Crippen LogP contribution in [0.4, 0.5) is 0 Å². The van der Waals surface area contributed by atoms with Gasteiger partial charge in [-0.15, -0.1) is 0 Å². The van der Waals surface area contributed by atoms with E-state index in [2.05, 4.69) is 31.1 Å². The molecule has 0 bridgehead atoms. The zero-order valence-corrected chi connectivity index (χ0v) is 12.6. The predicted molar refractivity (Wildman–Crippen MR) is 78.9 cm³/mol. The molecule has 0 aromatic rings. The average Bonchev–Trinajstić information content (AvgIpc) is 2.46. The van der Waals surface area contributed by atoms with Crippen molar-refractivity contribution in [1.82, 2.24) is 10.2 Å². The Balaban J connectivity index is 1.96. The molecule has 106 valence electrons. The highest BCUT2D eigenvalue weighted by atomic mass is 15.2. The zero-order chi connectivity index (χ0) is 13.0. The van der Waals surface area contributed by atoms with Crippen molar-refractivity contribution in [2.24, 2.45) is 11.8 Å². The summed E-state index contributed by atoms with van der Waals surface area (Å²) in [5, 5.41) is 3.53. The lowest BCUT2D eigenvalue weighted by molar-refractivity contribution is 0.0456. The Morgan fingerprint density at radius 2 is 1.72 bits per heavy atom. The number of likely N-dealkylation sites (tertiary alicyclic amines) is 1. The van der Waals surface area contributed by atoms with Gasteiger partial charge < -0.3 is 5.32 Å². The molecule has 2 fully saturated rings. The molecule has 4 atom stereocenters. The molecule has 1 aliphatic heterocycles. The fourth-order valence-electron chi connectivity index (χ4n) is 4.30. The molecular weight excluding hydrogens is 220 g/mol. The van der Waals surface area contributed by atoms with Crippen LogP contribution in [0.5, 0.6) is 0 Å². The van der Waals surface area contributed by atoms with Crippen LogP contribution in [0.25, 0.3) is 0 Å². The van der Waals surface area contributed by atoms with Gasteiger partial charge in [0.05, 0.1) is 0 Å². The average molecular weight is 252 g/mol. The van der Waals surface area contributed by atoms with Crippen LogP contribution in [-0.2, 0) is 0 Å². The molecule has 0 aromatic heterocycles. The van der Waals surface area contributed by atoms with Crippen LogP contribution >= 0.6 is 0 Å². The monoisotopic (exact) mass is 252 g/mol. The van der Waals surface area contributed by atoms with Crippen molar-refractivity contribution >= 4 is 0 Å². The smallest absolute Gasteiger partial charge is 0.0123 e. The Morgan fingerprint density at radius 3 is 2.39 bits per heavy atom. The minimum absolute atomic E-state index is 0.759. The minimum atomic E-state index is 0.759. The van der Waals surface area contributed by atoms with E-state index in [0.717, 1.165) is 23.9 Å². The highest BCUT2D eigenvalue weighted by molar-refractivity contribution is 4.90. The topological polar surface area (TPSA) is 15.3 Å². The maximum absolute atomic E-state index is 3.53. The van der Waals surface area contributed by atoms with E-state index in [0.29, 0.717) is 0 Å². The minimum Gasteiger partial charge on any atom is -0.317 e. The Kier molecular flexibility index (Phi) is 5.50. The van der Waals surface area contributed by atoms with E-state index in [1.54, 1.807) is 0 Å². The molecular formula is C16H32N2. The number of hydrogen-bond donors (Lipinski definition) is 1. The molecule has 0 spiro atoms. The van der Waals surface area contributed by atoms with Crippen LogP contribution in [0, 0.1) is 11.8 Å². The molecule has 2 nitrogen and oxygen atoms in total. The van der Waals surface area contributed by atoms with Crippen LogP contribution in [0.15, 0.2) is 0 Å². The number of rotatable bonds is 4. The second-order valence-electron chi connectivity index (χ2n) is 6.37. The molecule has 2 rings (SSSR count). The maximum atomic E-state index is 3.53. The molecule has 1 saturated carbocycles. The van der Waals surface area contributed by atoms with Gasteiger partial charge in [0.25, 0.3) is 0 Å². The van der Waals surface area contributed by atoms with Crippen LogP contribution in [0.1, 0.15) is 58.8 Å². The summed E-state index contributed by atoms with van der Waals surface area (Å²) < 4.78 is 0. The lowest BCUT2D eigenvalue weighted by Crippen LogP contribution is -2.53.